The Bertz CT molecular complexity index is 238. The summed E-state index contributed by atoms with van der Waals surface area (Å²) in [5.41, 5.74) is -0.710. The first-order chi connectivity index (χ1) is 6.77. The molecule has 0 amide bonds. The van der Waals surface area contributed by atoms with E-state index in [9.17, 15) is 4.79 Å². The van der Waals surface area contributed by atoms with E-state index in [1.165, 1.54) is 12.2 Å². The molecule has 2 heteroatoms. The first-order valence-electron chi connectivity index (χ1n) is 5.28. The molecule has 1 N–H and O–H groups in total. The number of carbonyl (C=O) groups is 1. The fourth-order valence-electron chi connectivity index (χ4n) is 1.48. The van der Waals surface area contributed by atoms with Crippen LogP contribution in [0, 0.1) is 10.8 Å². The lowest BCUT2D eigenvalue weighted by molar-refractivity contribution is -0.144. The van der Waals surface area contributed by atoms with Gasteiger partial charge in [0.1, 0.15) is 5.41 Å². The summed E-state index contributed by atoms with van der Waals surface area (Å²) in [4.78, 5) is 11.1. The summed E-state index contributed by atoms with van der Waals surface area (Å²) < 4.78 is 0. The van der Waals surface area contributed by atoms with Gasteiger partial charge >= 0.3 is 5.97 Å². The summed E-state index contributed by atoms with van der Waals surface area (Å²) in [6, 6.07) is 0. The molecule has 0 rings (SSSR count). The Balaban J connectivity index is 4.39. The molecule has 0 aliphatic rings. The Kier molecular flexibility index (Phi) is 4.79. The van der Waals surface area contributed by atoms with Crippen molar-refractivity contribution in [2.24, 2.45) is 10.8 Å². The number of carboxylic acid groups (broad SMARTS) is 1. The molecule has 0 unspecified atom stereocenters. The van der Waals surface area contributed by atoms with Crippen LogP contribution in [0.3, 0.4) is 0 Å². The summed E-state index contributed by atoms with van der Waals surface area (Å²) in [6.07, 6.45) is 5.40. The predicted octanol–water partition coefficient (Wildman–Crippen LogP) is 3.65. The molecular formula is C13H22O2. The summed E-state index contributed by atoms with van der Waals surface area (Å²) in [7, 11) is 0. The minimum Gasteiger partial charge on any atom is -0.480 e. The molecule has 0 fully saturated rings. The molecule has 0 aromatic heterocycles. The lowest BCUT2D eigenvalue weighted by Crippen LogP contribution is -2.26. The van der Waals surface area contributed by atoms with E-state index in [1.54, 1.807) is 0 Å². The van der Waals surface area contributed by atoms with Crippen molar-refractivity contribution < 1.29 is 9.90 Å². The highest BCUT2D eigenvalue weighted by molar-refractivity contribution is 5.79. The normalized spacial score (nSPS) is 12.2. The maximum Gasteiger partial charge on any atom is 0.317 e. The SMILES string of the molecule is C=CC(C=C)(CCCC(C)(C)C)C(=O)O. The number of hydrogen-bond acceptors (Lipinski definition) is 1. The topological polar surface area (TPSA) is 37.3 Å². The summed E-state index contributed by atoms with van der Waals surface area (Å²) >= 11 is 0. The Morgan fingerprint density at radius 1 is 1.20 bits per heavy atom. The van der Waals surface area contributed by atoms with Crippen LogP contribution in [0.25, 0.3) is 0 Å². The van der Waals surface area contributed by atoms with Gasteiger partial charge in [-0.15, -0.1) is 13.2 Å². The van der Waals surface area contributed by atoms with E-state index in [0.29, 0.717) is 6.42 Å². The van der Waals surface area contributed by atoms with Gasteiger partial charge in [0.15, 0.2) is 0 Å². The van der Waals surface area contributed by atoms with E-state index in [1.807, 2.05) is 0 Å². The van der Waals surface area contributed by atoms with Gasteiger partial charge in [0.05, 0.1) is 0 Å². The molecule has 0 aromatic rings. The molecule has 0 saturated carbocycles. The van der Waals surface area contributed by atoms with Crippen molar-refractivity contribution in [3.05, 3.63) is 25.3 Å². The van der Waals surface area contributed by atoms with Crippen LogP contribution in [0.15, 0.2) is 25.3 Å². The quantitative estimate of drug-likeness (QED) is 0.679. The zero-order valence-corrected chi connectivity index (χ0v) is 10.0. The van der Waals surface area contributed by atoms with Crippen LogP contribution in [0.5, 0.6) is 0 Å². The third kappa shape index (κ3) is 4.32. The lowest BCUT2D eigenvalue weighted by atomic mass is 9.80. The smallest absolute Gasteiger partial charge is 0.317 e. The molecule has 2 nitrogen and oxygen atoms in total. The van der Waals surface area contributed by atoms with Gasteiger partial charge in [-0.3, -0.25) is 4.79 Å². The number of hydrogen-bond donors (Lipinski definition) is 1. The summed E-state index contributed by atoms with van der Waals surface area (Å²) in [5.74, 6) is -0.860. The highest BCUT2D eigenvalue weighted by Crippen LogP contribution is 2.31. The molecule has 0 atom stereocenters. The average Bonchev–Trinajstić information content (AvgIpc) is 2.10. The molecule has 0 saturated heterocycles. The molecule has 0 heterocycles. The van der Waals surface area contributed by atoms with Crippen LogP contribution in [-0.4, -0.2) is 11.1 Å². The predicted molar refractivity (Wildman–Crippen MR) is 63.8 cm³/mol. The van der Waals surface area contributed by atoms with Crippen LogP contribution in [0.1, 0.15) is 40.0 Å². The van der Waals surface area contributed by atoms with Crippen molar-refractivity contribution >= 4 is 5.97 Å². The van der Waals surface area contributed by atoms with Crippen molar-refractivity contribution in [3.63, 3.8) is 0 Å². The number of carboxylic acids is 1. The van der Waals surface area contributed by atoms with Crippen molar-refractivity contribution in [1.82, 2.24) is 0 Å². The van der Waals surface area contributed by atoms with E-state index in [2.05, 4.69) is 33.9 Å². The Morgan fingerprint density at radius 3 is 1.93 bits per heavy atom. The van der Waals surface area contributed by atoms with E-state index in [0.717, 1.165) is 12.8 Å². The second-order valence-electron chi connectivity index (χ2n) is 5.17. The third-order valence-electron chi connectivity index (χ3n) is 2.64. The lowest BCUT2D eigenvalue weighted by Gasteiger charge is -2.24. The monoisotopic (exact) mass is 210 g/mol. The van der Waals surface area contributed by atoms with E-state index in [4.69, 9.17) is 5.11 Å². The summed E-state index contributed by atoms with van der Waals surface area (Å²) in [5, 5.41) is 9.11. The maximum absolute atomic E-state index is 11.1. The summed E-state index contributed by atoms with van der Waals surface area (Å²) in [6.45, 7) is 13.6. The molecule has 86 valence electrons. The van der Waals surface area contributed by atoms with E-state index < -0.39 is 11.4 Å². The van der Waals surface area contributed by atoms with Gasteiger partial charge in [-0.1, -0.05) is 39.3 Å². The highest BCUT2D eigenvalue weighted by Gasteiger charge is 2.31. The van der Waals surface area contributed by atoms with Gasteiger partial charge < -0.3 is 5.11 Å². The van der Waals surface area contributed by atoms with Gasteiger partial charge in [-0.2, -0.15) is 0 Å². The molecule has 0 spiro atoms. The van der Waals surface area contributed by atoms with E-state index in [-0.39, 0.29) is 5.41 Å². The molecule has 0 aromatic carbocycles. The average molecular weight is 210 g/mol. The number of aliphatic carboxylic acids is 1. The molecule has 15 heavy (non-hydrogen) atoms. The van der Waals surface area contributed by atoms with Gasteiger partial charge in [-0.05, 0) is 18.3 Å². The second-order valence-corrected chi connectivity index (χ2v) is 5.17. The maximum atomic E-state index is 11.1. The van der Waals surface area contributed by atoms with E-state index >= 15 is 0 Å². The van der Waals surface area contributed by atoms with Crippen molar-refractivity contribution in [2.45, 2.75) is 40.0 Å². The highest BCUT2D eigenvalue weighted by atomic mass is 16.4. The van der Waals surface area contributed by atoms with Crippen molar-refractivity contribution in [3.8, 4) is 0 Å². The standard InChI is InChI=1S/C13H22O2/c1-6-13(7-2,11(14)15)10-8-9-12(3,4)5/h6-7H,1-2,8-10H2,3-5H3,(H,14,15). The van der Waals surface area contributed by atoms with Gasteiger partial charge in [0, 0.05) is 0 Å². The fourth-order valence-corrected chi connectivity index (χ4v) is 1.48. The van der Waals surface area contributed by atoms with Gasteiger partial charge in [-0.25, -0.2) is 0 Å². The Hall–Kier alpha value is -1.05. The van der Waals surface area contributed by atoms with Crippen LogP contribution in [0.2, 0.25) is 0 Å². The molecular weight excluding hydrogens is 188 g/mol. The first kappa shape index (κ1) is 13.9. The number of rotatable bonds is 6. The largest absolute Gasteiger partial charge is 0.480 e. The van der Waals surface area contributed by atoms with Gasteiger partial charge in [0.2, 0.25) is 0 Å². The molecule has 0 aliphatic carbocycles. The second kappa shape index (κ2) is 5.15. The van der Waals surface area contributed by atoms with Crippen LogP contribution < -0.4 is 0 Å². The minimum absolute atomic E-state index is 0.243. The van der Waals surface area contributed by atoms with Crippen molar-refractivity contribution in [2.75, 3.05) is 0 Å². The zero-order chi connectivity index (χ0) is 12.1. The Morgan fingerprint density at radius 2 is 1.67 bits per heavy atom. The Labute approximate surface area is 92.7 Å². The van der Waals surface area contributed by atoms with Gasteiger partial charge in [0.25, 0.3) is 0 Å². The van der Waals surface area contributed by atoms with Crippen LogP contribution in [-0.2, 0) is 4.79 Å². The first-order valence-corrected chi connectivity index (χ1v) is 5.28. The van der Waals surface area contributed by atoms with Crippen LogP contribution in [0.4, 0.5) is 0 Å². The fraction of sp³-hybridized carbons (Fsp3) is 0.615. The minimum atomic E-state index is -0.953. The molecule has 0 aliphatic heterocycles. The third-order valence-corrected chi connectivity index (χ3v) is 2.64. The molecule has 0 bridgehead atoms. The molecule has 0 radical (unpaired) electrons. The van der Waals surface area contributed by atoms with Crippen molar-refractivity contribution in [1.29, 1.82) is 0 Å². The van der Waals surface area contributed by atoms with Crippen LogP contribution >= 0.6 is 0 Å². The zero-order valence-electron chi connectivity index (χ0n) is 10.0.